The van der Waals surface area contributed by atoms with Gasteiger partial charge in [0.1, 0.15) is 5.75 Å². The number of piperidine rings is 1. The Balaban J connectivity index is 0.00000353. The van der Waals surface area contributed by atoms with Crippen molar-refractivity contribution in [1.82, 2.24) is 14.7 Å². The number of halogens is 2. The van der Waals surface area contributed by atoms with Gasteiger partial charge in [0.05, 0.1) is 12.5 Å². The van der Waals surface area contributed by atoms with Gasteiger partial charge >= 0.3 is 0 Å². The molecule has 222 valence electrons. The minimum Gasteiger partial charge on any atom is -0.497 e. The maximum atomic E-state index is 13.6. The first-order chi connectivity index (χ1) is 19.9. The average Bonchev–Trinajstić information content (AvgIpc) is 3.56. The number of methoxy groups -OCH3 is 1. The lowest BCUT2D eigenvalue weighted by Gasteiger charge is -2.39. The van der Waals surface area contributed by atoms with Crippen LogP contribution in [0.1, 0.15) is 46.7 Å². The first kappa shape index (κ1) is 30.6. The van der Waals surface area contributed by atoms with Crippen LogP contribution in [0.25, 0.3) is 0 Å². The monoisotopic (exact) mass is 651 g/mol. The highest BCUT2D eigenvalue weighted by Gasteiger charge is 2.48. The number of carbonyl (C=O) groups is 2. The maximum Gasteiger partial charge on any atom is 0.254 e. The number of ether oxygens (including phenoxy) is 1. The van der Waals surface area contributed by atoms with E-state index >= 15 is 0 Å². The average molecular weight is 653 g/mol. The summed E-state index contributed by atoms with van der Waals surface area (Å²) in [5.41, 5.74) is 2.93. The van der Waals surface area contributed by atoms with Crippen LogP contribution in [0.4, 0.5) is 0 Å². The second kappa shape index (κ2) is 13.2. The van der Waals surface area contributed by atoms with Gasteiger partial charge in [0.15, 0.2) is 0 Å². The first-order valence-electron chi connectivity index (χ1n) is 14.7. The van der Waals surface area contributed by atoms with E-state index in [1.54, 1.807) is 7.11 Å². The van der Waals surface area contributed by atoms with Crippen LogP contribution in [-0.4, -0.2) is 72.9 Å². The van der Waals surface area contributed by atoms with Crippen molar-refractivity contribution in [3.05, 3.63) is 100 Å². The van der Waals surface area contributed by atoms with Crippen LogP contribution in [0.15, 0.2) is 83.3 Å². The molecule has 0 bridgehead atoms. The van der Waals surface area contributed by atoms with Crippen molar-refractivity contribution in [3.63, 3.8) is 0 Å². The molecule has 2 amide bonds. The maximum absolute atomic E-state index is 13.6. The Morgan fingerprint density at radius 1 is 0.929 bits per heavy atom. The summed E-state index contributed by atoms with van der Waals surface area (Å²) < 4.78 is 6.42. The summed E-state index contributed by atoms with van der Waals surface area (Å²) in [6, 6.07) is 26.4. The molecule has 3 heterocycles. The van der Waals surface area contributed by atoms with Crippen LogP contribution in [0.5, 0.6) is 5.75 Å². The van der Waals surface area contributed by atoms with E-state index in [0.29, 0.717) is 36.2 Å². The third-order valence-electron chi connectivity index (χ3n) is 9.47. The van der Waals surface area contributed by atoms with Gasteiger partial charge in [-0.25, -0.2) is 0 Å². The van der Waals surface area contributed by atoms with E-state index in [4.69, 9.17) is 4.74 Å². The Labute approximate surface area is 263 Å². The first-order valence-corrected chi connectivity index (χ1v) is 15.5. The molecule has 0 aliphatic carbocycles. The fraction of sp³-hybridized carbons (Fsp3) is 0.412. The van der Waals surface area contributed by atoms with Crippen LogP contribution < -0.4 is 4.74 Å². The summed E-state index contributed by atoms with van der Waals surface area (Å²) in [5, 5.41) is 0. The van der Waals surface area contributed by atoms with E-state index in [2.05, 4.69) is 68.2 Å². The van der Waals surface area contributed by atoms with Gasteiger partial charge in [-0.1, -0.05) is 64.5 Å². The minimum absolute atomic E-state index is 0. The van der Waals surface area contributed by atoms with Crippen LogP contribution in [0.2, 0.25) is 0 Å². The van der Waals surface area contributed by atoms with Crippen molar-refractivity contribution in [2.45, 2.75) is 31.7 Å². The molecular formula is C34H39BrClN3O3. The summed E-state index contributed by atoms with van der Waals surface area (Å²) in [6.45, 7) is 5.78. The molecule has 3 aromatic rings. The molecular weight excluding hydrogens is 614 g/mol. The van der Waals surface area contributed by atoms with Gasteiger partial charge in [0.25, 0.3) is 5.91 Å². The molecule has 0 radical (unpaired) electrons. The van der Waals surface area contributed by atoms with E-state index in [-0.39, 0.29) is 29.6 Å². The van der Waals surface area contributed by atoms with Gasteiger partial charge in [-0.2, -0.15) is 0 Å². The van der Waals surface area contributed by atoms with Gasteiger partial charge in [-0.05, 0) is 79.7 Å². The van der Waals surface area contributed by atoms with E-state index in [1.807, 2.05) is 41.3 Å². The molecule has 0 saturated carbocycles. The number of carbonyl (C=O) groups excluding carboxylic acids is 2. The fourth-order valence-electron chi connectivity index (χ4n) is 7.05. The van der Waals surface area contributed by atoms with E-state index in [0.717, 1.165) is 56.5 Å². The second-order valence-electron chi connectivity index (χ2n) is 11.9. The fourth-order valence-corrected chi connectivity index (χ4v) is 7.32. The summed E-state index contributed by atoms with van der Waals surface area (Å²) in [7, 11) is 1.63. The van der Waals surface area contributed by atoms with Crippen LogP contribution in [0, 0.1) is 11.3 Å². The summed E-state index contributed by atoms with van der Waals surface area (Å²) >= 11 is 3.50. The molecule has 3 aliphatic rings. The van der Waals surface area contributed by atoms with Crippen molar-refractivity contribution in [2.24, 2.45) is 11.3 Å². The largest absolute Gasteiger partial charge is 0.497 e. The zero-order valence-electron chi connectivity index (χ0n) is 24.1. The molecule has 0 N–H and O–H groups in total. The third-order valence-corrected chi connectivity index (χ3v) is 10.00. The Morgan fingerprint density at radius 3 is 2.36 bits per heavy atom. The van der Waals surface area contributed by atoms with Crippen molar-refractivity contribution in [2.75, 3.05) is 46.4 Å². The predicted octanol–water partition coefficient (Wildman–Crippen LogP) is 6.25. The topological polar surface area (TPSA) is 53.1 Å². The highest BCUT2D eigenvalue weighted by molar-refractivity contribution is 9.10. The SMILES string of the molecule is COc1cccc(C(=O)N2CC(CN3CCC4(CC3)CCN(Cc3ccc(Br)cc3)C4=O)C(c3ccccc3)C2)c1.Cl. The molecule has 6 nitrogen and oxygen atoms in total. The number of rotatable bonds is 7. The number of likely N-dealkylation sites (tertiary alicyclic amines) is 3. The van der Waals surface area contributed by atoms with Gasteiger partial charge in [0, 0.05) is 48.7 Å². The summed E-state index contributed by atoms with van der Waals surface area (Å²) in [4.78, 5) is 33.7. The molecule has 3 aliphatic heterocycles. The number of hydrogen-bond donors (Lipinski definition) is 0. The van der Waals surface area contributed by atoms with E-state index < -0.39 is 0 Å². The quantitative estimate of drug-likeness (QED) is 0.303. The lowest BCUT2D eigenvalue weighted by Crippen LogP contribution is -2.46. The van der Waals surface area contributed by atoms with Crippen LogP contribution in [0.3, 0.4) is 0 Å². The number of benzene rings is 3. The smallest absolute Gasteiger partial charge is 0.254 e. The summed E-state index contributed by atoms with van der Waals surface area (Å²) in [5.74, 6) is 1.72. The summed E-state index contributed by atoms with van der Waals surface area (Å²) in [6.07, 6.45) is 2.78. The Morgan fingerprint density at radius 2 is 1.64 bits per heavy atom. The minimum atomic E-state index is -0.214. The van der Waals surface area contributed by atoms with E-state index in [1.165, 1.54) is 11.1 Å². The van der Waals surface area contributed by atoms with Crippen molar-refractivity contribution in [1.29, 1.82) is 0 Å². The van der Waals surface area contributed by atoms with Crippen LogP contribution in [-0.2, 0) is 11.3 Å². The zero-order valence-corrected chi connectivity index (χ0v) is 26.5. The standard InChI is InChI=1S/C34H38BrN3O3.ClH/c1-41-30-9-5-8-27(20-30)32(39)38-23-28(31(24-38)26-6-3-2-4-7-26)22-36-17-14-34(15-18-36)16-19-37(33(34)40)21-25-10-12-29(35)13-11-25;/h2-13,20,28,31H,14-19,21-24H2,1H3;1H. The van der Waals surface area contributed by atoms with Gasteiger partial charge < -0.3 is 19.4 Å². The molecule has 3 aromatic carbocycles. The van der Waals surface area contributed by atoms with E-state index in [9.17, 15) is 9.59 Å². The third kappa shape index (κ3) is 6.38. The Kier molecular flexibility index (Phi) is 9.60. The second-order valence-corrected chi connectivity index (χ2v) is 12.8. The zero-order chi connectivity index (χ0) is 28.4. The normalized spacial score (nSPS) is 21.9. The van der Waals surface area contributed by atoms with Gasteiger partial charge in [-0.3, -0.25) is 9.59 Å². The molecule has 2 atom stereocenters. The molecule has 8 heteroatoms. The van der Waals surface area contributed by atoms with Crippen LogP contribution >= 0.6 is 28.3 Å². The molecule has 3 saturated heterocycles. The molecule has 1 spiro atoms. The highest BCUT2D eigenvalue weighted by Crippen LogP contribution is 2.43. The highest BCUT2D eigenvalue weighted by atomic mass is 79.9. The number of amides is 2. The molecule has 3 fully saturated rings. The van der Waals surface area contributed by atoms with Gasteiger partial charge in [0.2, 0.25) is 5.91 Å². The van der Waals surface area contributed by atoms with Crippen molar-refractivity contribution >= 4 is 40.2 Å². The molecule has 6 rings (SSSR count). The number of nitrogens with zero attached hydrogens (tertiary/aromatic N) is 3. The lowest BCUT2D eigenvalue weighted by atomic mass is 9.76. The van der Waals surface area contributed by atoms with Crippen molar-refractivity contribution in [3.8, 4) is 5.75 Å². The Hall–Kier alpha value is -2.87. The van der Waals surface area contributed by atoms with Gasteiger partial charge in [-0.15, -0.1) is 12.4 Å². The molecule has 2 unspecified atom stereocenters. The lowest BCUT2D eigenvalue weighted by molar-refractivity contribution is -0.139. The molecule has 42 heavy (non-hydrogen) atoms. The predicted molar refractivity (Wildman–Crippen MR) is 171 cm³/mol. The number of hydrogen-bond acceptors (Lipinski definition) is 4. The molecule has 0 aromatic heterocycles. The Bertz CT molecular complexity index is 1380. The van der Waals surface area contributed by atoms with Crippen molar-refractivity contribution < 1.29 is 14.3 Å².